The van der Waals surface area contributed by atoms with Crippen molar-refractivity contribution in [1.82, 2.24) is 30.8 Å². The first-order valence-corrected chi connectivity index (χ1v) is 11.4. The maximum atomic E-state index is 14.3. The fourth-order valence-corrected chi connectivity index (χ4v) is 4.39. The van der Waals surface area contributed by atoms with Crippen molar-refractivity contribution in [3.05, 3.63) is 58.9 Å². The smallest absolute Gasteiger partial charge is 0.230 e. The number of aromatic amines is 1. The van der Waals surface area contributed by atoms with Crippen LogP contribution in [0.25, 0.3) is 11.4 Å². The van der Waals surface area contributed by atoms with Crippen LogP contribution in [0.2, 0.25) is 5.02 Å². The number of likely N-dealkylation sites (tertiary alicyclic amines) is 1. The lowest BCUT2D eigenvalue weighted by molar-refractivity contribution is -0.119. The number of benzene rings is 2. The molecular formula is C21H22ClFN6OS. The van der Waals surface area contributed by atoms with Crippen LogP contribution in [-0.2, 0) is 11.3 Å². The summed E-state index contributed by atoms with van der Waals surface area (Å²) in [5.41, 5.74) is 1.76. The quantitative estimate of drug-likeness (QED) is 0.524. The van der Waals surface area contributed by atoms with E-state index in [1.807, 2.05) is 24.3 Å². The Labute approximate surface area is 188 Å². The SMILES string of the molecule is O=C(CSc1ccc(-c2nn[nH]n2)cc1F)NC1CCN(Cc2ccc(Cl)cc2)CC1. The molecule has 4 rings (SSSR count). The molecule has 7 nitrogen and oxygen atoms in total. The van der Waals surface area contributed by atoms with Gasteiger partial charge in [-0.15, -0.1) is 22.0 Å². The number of thioether (sulfide) groups is 1. The van der Waals surface area contributed by atoms with E-state index in [1.54, 1.807) is 12.1 Å². The molecular weight excluding hydrogens is 439 g/mol. The lowest BCUT2D eigenvalue weighted by atomic mass is 10.0. The monoisotopic (exact) mass is 460 g/mol. The second-order valence-electron chi connectivity index (χ2n) is 7.41. The molecule has 0 aliphatic carbocycles. The maximum Gasteiger partial charge on any atom is 0.230 e. The zero-order valence-corrected chi connectivity index (χ0v) is 18.3. The highest BCUT2D eigenvalue weighted by Crippen LogP contribution is 2.25. The number of carbonyl (C=O) groups is 1. The average Bonchev–Trinajstić information content (AvgIpc) is 3.31. The zero-order valence-electron chi connectivity index (χ0n) is 16.7. The summed E-state index contributed by atoms with van der Waals surface area (Å²) in [7, 11) is 0. The average molecular weight is 461 g/mol. The zero-order chi connectivity index (χ0) is 21.6. The van der Waals surface area contributed by atoms with Gasteiger partial charge in [0.1, 0.15) is 5.82 Å². The number of H-pyrrole nitrogens is 1. The number of amides is 1. The van der Waals surface area contributed by atoms with Gasteiger partial charge >= 0.3 is 0 Å². The number of halogens is 2. The normalized spacial score (nSPS) is 15.2. The highest BCUT2D eigenvalue weighted by atomic mass is 35.5. The van der Waals surface area contributed by atoms with Crippen molar-refractivity contribution in [1.29, 1.82) is 0 Å². The van der Waals surface area contributed by atoms with Gasteiger partial charge in [0, 0.05) is 41.2 Å². The maximum absolute atomic E-state index is 14.3. The van der Waals surface area contributed by atoms with Gasteiger partial charge in [0.2, 0.25) is 11.7 Å². The van der Waals surface area contributed by atoms with Crippen LogP contribution >= 0.6 is 23.4 Å². The van der Waals surface area contributed by atoms with Crippen molar-refractivity contribution >= 4 is 29.3 Å². The van der Waals surface area contributed by atoms with Crippen LogP contribution in [0.3, 0.4) is 0 Å². The molecule has 31 heavy (non-hydrogen) atoms. The Balaban J connectivity index is 1.20. The van der Waals surface area contributed by atoms with E-state index in [-0.39, 0.29) is 17.7 Å². The molecule has 0 bridgehead atoms. The third kappa shape index (κ3) is 6.03. The molecule has 0 saturated carbocycles. The number of aromatic nitrogens is 4. The number of piperidine rings is 1. The first-order chi connectivity index (χ1) is 15.1. The Morgan fingerprint density at radius 1 is 1.23 bits per heavy atom. The van der Waals surface area contributed by atoms with Crippen LogP contribution < -0.4 is 5.32 Å². The molecule has 10 heteroatoms. The number of hydrogen-bond donors (Lipinski definition) is 2. The third-order valence-corrected chi connectivity index (χ3v) is 6.47. The van der Waals surface area contributed by atoms with Gasteiger partial charge in [-0.2, -0.15) is 5.21 Å². The number of rotatable bonds is 7. The summed E-state index contributed by atoms with van der Waals surface area (Å²) in [5.74, 6) is 0.0118. The third-order valence-electron chi connectivity index (χ3n) is 5.17. The van der Waals surface area contributed by atoms with Gasteiger partial charge in [0.25, 0.3) is 0 Å². The van der Waals surface area contributed by atoms with Gasteiger partial charge in [-0.25, -0.2) is 4.39 Å². The Kier molecular flexibility index (Phi) is 7.16. The molecule has 2 N–H and O–H groups in total. The number of nitrogens with one attached hydrogen (secondary N) is 2. The predicted molar refractivity (Wildman–Crippen MR) is 118 cm³/mol. The largest absolute Gasteiger partial charge is 0.353 e. The van der Waals surface area contributed by atoms with E-state index in [2.05, 4.69) is 30.8 Å². The number of carbonyl (C=O) groups excluding carboxylic acids is 1. The van der Waals surface area contributed by atoms with Crippen LogP contribution in [0, 0.1) is 5.82 Å². The van der Waals surface area contributed by atoms with Crippen molar-refractivity contribution in [2.24, 2.45) is 0 Å². The molecule has 1 saturated heterocycles. The molecule has 2 heterocycles. The van der Waals surface area contributed by atoms with Gasteiger partial charge < -0.3 is 5.32 Å². The summed E-state index contributed by atoms with van der Waals surface area (Å²) < 4.78 is 14.3. The van der Waals surface area contributed by atoms with Crippen molar-refractivity contribution in [3.8, 4) is 11.4 Å². The highest BCUT2D eigenvalue weighted by molar-refractivity contribution is 8.00. The van der Waals surface area contributed by atoms with E-state index in [1.165, 1.54) is 23.4 Å². The Bertz CT molecular complexity index is 1010. The number of hydrogen-bond acceptors (Lipinski definition) is 6. The van der Waals surface area contributed by atoms with Crippen LogP contribution in [0.4, 0.5) is 4.39 Å². The van der Waals surface area contributed by atoms with Gasteiger partial charge in [-0.1, -0.05) is 23.7 Å². The molecule has 0 unspecified atom stereocenters. The highest BCUT2D eigenvalue weighted by Gasteiger charge is 2.21. The molecule has 0 radical (unpaired) electrons. The second-order valence-corrected chi connectivity index (χ2v) is 8.87. The Morgan fingerprint density at radius 2 is 2.00 bits per heavy atom. The number of tetrazole rings is 1. The van der Waals surface area contributed by atoms with Crippen LogP contribution in [0.15, 0.2) is 47.4 Å². The summed E-state index contributed by atoms with van der Waals surface area (Å²) in [6.07, 6.45) is 1.80. The van der Waals surface area contributed by atoms with Crippen LogP contribution in [-0.4, -0.2) is 56.3 Å². The van der Waals surface area contributed by atoms with Gasteiger partial charge in [-0.3, -0.25) is 9.69 Å². The number of nitrogens with zero attached hydrogens (tertiary/aromatic N) is 4. The van der Waals surface area contributed by atoms with Crippen molar-refractivity contribution in [3.63, 3.8) is 0 Å². The van der Waals surface area contributed by atoms with Crippen molar-refractivity contribution in [2.75, 3.05) is 18.8 Å². The molecule has 162 valence electrons. The van der Waals surface area contributed by atoms with E-state index in [9.17, 15) is 9.18 Å². The minimum atomic E-state index is -0.407. The Morgan fingerprint density at radius 3 is 2.68 bits per heavy atom. The fourth-order valence-electron chi connectivity index (χ4n) is 3.54. The minimum Gasteiger partial charge on any atom is -0.353 e. The summed E-state index contributed by atoms with van der Waals surface area (Å²) in [5, 5.41) is 17.3. The van der Waals surface area contributed by atoms with E-state index >= 15 is 0 Å². The van der Waals surface area contributed by atoms with E-state index in [0.717, 1.165) is 37.5 Å². The summed E-state index contributed by atoms with van der Waals surface area (Å²) in [6.45, 7) is 2.73. The van der Waals surface area contributed by atoms with Gasteiger partial charge in [-0.05, 0) is 54.0 Å². The molecule has 1 aliphatic rings. The fraction of sp³-hybridized carbons (Fsp3) is 0.333. The second kappa shape index (κ2) is 10.2. The van der Waals surface area contributed by atoms with Gasteiger partial charge in [0.15, 0.2) is 0 Å². The summed E-state index contributed by atoms with van der Waals surface area (Å²) in [4.78, 5) is 15.1. The van der Waals surface area contributed by atoms with E-state index in [0.29, 0.717) is 16.3 Å². The molecule has 3 aromatic rings. The Hall–Kier alpha value is -2.49. The minimum absolute atomic E-state index is 0.0807. The first-order valence-electron chi connectivity index (χ1n) is 9.99. The topological polar surface area (TPSA) is 86.8 Å². The molecule has 1 fully saturated rings. The molecule has 0 spiro atoms. The lowest BCUT2D eigenvalue weighted by Crippen LogP contribution is -2.44. The summed E-state index contributed by atoms with van der Waals surface area (Å²) >= 11 is 7.12. The lowest BCUT2D eigenvalue weighted by Gasteiger charge is -2.32. The van der Waals surface area contributed by atoms with Crippen molar-refractivity contribution in [2.45, 2.75) is 30.3 Å². The van der Waals surface area contributed by atoms with Crippen molar-refractivity contribution < 1.29 is 9.18 Å². The van der Waals surface area contributed by atoms with Crippen LogP contribution in [0.1, 0.15) is 18.4 Å². The standard InChI is InChI=1S/C21H22ClFN6OS/c22-16-4-1-14(2-5-16)12-29-9-7-17(8-10-29)24-20(30)13-31-19-6-3-15(11-18(19)23)21-25-27-28-26-21/h1-6,11,17H,7-10,12-13H2,(H,24,30)(H,25,26,27,28). The molecule has 1 aromatic heterocycles. The van der Waals surface area contributed by atoms with E-state index in [4.69, 9.17) is 11.6 Å². The molecule has 0 atom stereocenters. The van der Waals surface area contributed by atoms with Crippen LogP contribution in [0.5, 0.6) is 0 Å². The first kappa shape index (κ1) is 21.7. The van der Waals surface area contributed by atoms with Gasteiger partial charge in [0.05, 0.1) is 5.75 Å². The predicted octanol–water partition coefficient (Wildman–Crippen LogP) is 3.53. The molecule has 1 amide bonds. The molecule has 1 aliphatic heterocycles. The van der Waals surface area contributed by atoms with E-state index < -0.39 is 5.82 Å². The molecule has 2 aromatic carbocycles. The summed E-state index contributed by atoms with van der Waals surface area (Å²) in [6, 6.07) is 12.7.